The average Bonchev–Trinajstić information content (AvgIpc) is 2.97. The van der Waals surface area contributed by atoms with Crippen molar-refractivity contribution in [2.45, 2.75) is 0 Å². The van der Waals surface area contributed by atoms with Crippen LogP contribution in [-0.4, -0.2) is 29.7 Å². The van der Waals surface area contributed by atoms with E-state index in [1.54, 1.807) is 98.4 Å². The summed E-state index contributed by atoms with van der Waals surface area (Å²) >= 11 is 0. The maximum atomic E-state index is 13.1. The lowest BCUT2D eigenvalue weighted by Crippen LogP contribution is -2.30. The van der Waals surface area contributed by atoms with Gasteiger partial charge in [0.05, 0.1) is 7.11 Å². The largest absolute Gasteiger partial charge is 0.497 e. The number of allylic oxidation sites excluding steroid dienone is 1. The fourth-order valence-electron chi connectivity index (χ4n) is 3.50. The highest BCUT2D eigenvalue weighted by atomic mass is 16.5. The Kier molecular flexibility index (Phi) is 8.55. The highest BCUT2D eigenvalue weighted by Gasteiger charge is 2.15. The van der Waals surface area contributed by atoms with Crippen LogP contribution in [0.5, 0.6) is 5.75 Å². The quantitative estimate of drug-likeness (QED) is 0.236. The first kappa shape index (κ1) is 25.8. The summed E-state index contributed by atoms with van der Waals surface area (Å²) in [5.41, 5.74) is 2.89. The van der Waals surface area contributed by atoms with Gasteiger partial charge in [-0.25, -0.2) is 0 Å². The van der Waals surface area contributed by atoms with E-state index >= 15 is 0 Å². The number of rotatable bonds is 9. The normalized spacial score (nSPS) is 11.1. The lowest BCUT2D eigenvalue weighted by atomic mass is 10.1. The van der Waals surface area contributed by atoms with Crippen LogP contribution in [0.2, 0.25) is 0 Å². The zero-order valence-corrected chi connectivity index (χ0v) is 20.6. The second-order valence-electron chi connectivity index (χ2n) is 8.17. The SMILES string of the molecule is COc1cccc(/C=C/C(=O)c2ccc(NC(=O)/C(=C/c3cccnc3)NC(=O)c3ccccc3)cc2)c1. The van der Waals surface area contributed by atoms with E-state index in [9.17, 15) is 14.4 Å². The molecule has 0 saturated carbocycles. The van der Waals surface area contributed by atoms with E-state index in [1.165, 1.54) is 6.08 Å². The van der Waals surface area contributed by atoms with E-state index in [4.69, 9.17) is 4.74 Å². The van der Waals surface area contributed by atoms with Crippen LogP contribution in [0.3, 0.4) is 0 Å². The summed E-state index contributed by atoms with van der Waals surface area (Å²) in [6, 6.07) is 26.0. The number of hydrogen-bond acceptors (Lipinski definition) is 5. The molecule has 0 aliphatic carbocycles. The van der Waals surface area contributed by atoms with Gasteiger partial charge < -0.3 is 15.4 Å². The third-order valence-electron chi connectivity index (χ3n) is 5.47. The number of methoxy groups -OCH3 is 1. The number of pyridine rings is 1. The number of nitrogens with one attached hydrogen (secondary N) is 2. The van der Waals surface area contributed by atoms with Gasteiger partial charge in [-0.1, -0.05) is 42.5 Å². The van der Waals surface area contributed by atoms with Crippen LogP contribution in [0.25, 0.3) is 12.2 Å². The number of amides is 2. The second-order valence-corrected chi connectivity index (χ2v) is 8.17. The lowest BCUT2D eigenvalue weighted by Gasteiger charge is -2.11. The Hall–Kier alpha value is -5.30. The minimum atomic E-state index is -0.518. The Balaban J connectivity index is 1.47. The number of aromatic nitrogens is 1. The van der Waals surface area contributed by atoms with Crippen molar-refractivity contribution < 1.29 is 19.1 Å². The number of hydrogen-bond donors (Lipinski definition) is 2. The van der Waals surface area contributed by atoms with Crippen molar-refractivity contribution in [2.75, 3.05) is 12.4 Å². The van der Waals surface area contributed by atoms with Gasteiger partial charge in [0.2, 0.25) is 0 Å². The number of ketones is 1. The smallest absolute Gasteiger partial charge is 0.272 e. The molecule has 0 bridgehead atoms. The molecule has 2 amide bonds. The standard InChI is InChI=1S/C31H25N3O4/c1-38-27-11-5-7-22(19-27)12-17-29(35)24-13-15-26(16-14-24)33-31(37)28(20-23-8-6-18-32-21-23)34-30(36)25-9-3-2-4-10-25/h2-21H,1H3,(H,33,37)(H,34,36)/b17-12+,28-20-. The Bertz CT molecular complexity index is 1480. The Morgan fingerprint density at radius 2 is 1.58 bits per heavy atom. The maximum Gasteiger partial charge on any atom is 0.272 e. The second kappa shape index (κ2) is 12.6. The van der Waals surface area contributed by atoms with Crippen molar-refractivity contribution in [1.29, 1.82) is 0 Å². The van der Waals surface area contributed by atoms with Crippen LogP contribution in [0, 0.1) is 0 Å². The minimum Gasteiger partial charge on any atom is -0.497 e. The molecule has 0 atom stereocenters. The molecular weight excluding hydrogens is 478 g/mol. The summed E-state index contributed by atoms with van der Waals surface area (Å²) in [4.78, 5) is 42.5. The zero-order chi connectivity index (χ0) is 26.7. The highest BCUT2D eigenvalue weighted by Crippen LogP contribution is 2.16. The molecule has 0 fully saturated rings. The van der Waals surface area contributed by atoms with Gasteiger partial charge in [-0.2, -0.15) is 0 Å². The molecule has 3 aromatic carbocycles. The van der Waals surface area contributed by atoms with Gasteiger partial charge in [-0.05, 0) is 77.9 Å². The van der Waals surface area contributed by atoms with Crippen LogP contribution in [-0.2, 0) is 4.79 Å². The molecule has 7 heteroatoms. The monoisotopic (exact) mass is 503 g/mol. The first-order chi connectivity index (χ1) is 18.5. The number of anilines is 1. The van der Waals surface area contributed by atoms with Crippen LogP contribution in [0.1, 0.15) is 31.8 Å². The van der Waals surface area contributed by atoms with E-state index in [2.05, 4.69) is 15.6 Å². The van der Waals surface area contributed by atoms with Crippen molar-refractivity contribution in [1.82, 2.24) is 10.3 Å². The minimum absolute atomic E-state index is 0.0493. The molecule has 0 unspecified atom stereocenters. The van der Waals surface area contributed by atoms with Crippen molar-refractivity contribution in [2.24, 2.45) is 0 Å². The predicted molar refractivity (Wildman–Crippen MR) is 148 cm³/mol. The topological polar surface area (TPSA) is 97.4 Å². The molecule has 7 nitrogen and oxygen atoms in total. The van der Waals surface area contributed by atoms with Crippen molar-refractivity contribution in [3.05, 3.63) is 137 Å². The van der Waals surface area contributed by atoms with E-state index in [0.717, 1.165) is 5.56 Å². The van der Waals surface area contributed by atoms with Gasteiger partial charge in [0.25, 0.3) is 11.8 Å². The van der Waals surface area contributed by atoms with E-state index in [-0.39, 0.29) is 11.5 Å². The van der Waals surface area contributed by atoms with E-state index in [1.807, 2.05) is 24.3 Å². The first-order valence-electron chi connectivity index (χ1n) is 11.8. The van der Waals surface area contributed by atoms with Gasteiger partial charge in [-0.3, -0.25) is 19.4 Å². The molecule has 38 heavy (non-hydrogen) atoms. The molecule has 2 N–H and O–H groups in total. The summed E-state index contributed by atoms with van der Waals surface area (Å²) in [6.07, 6.45) is 7.95. The summed E-state index contributed by atoms with van der Waals surface area (Å²) in [5.74, 6) is -0.413. The zero-order valence-electron chi connectivity index (χ0n) is 20.6. The van der Waals surface area contributed by atoms with Crippen LogP contribution in [0.15, 0.2) is 115 Å². The Morgan fingerprint density at radius 1 is 0.816 bits per heavy atom. The molecule has 188 valence electrons. The summed E-state index contributed by atoms with van der Waals surface area (Å²) in [6.45, 7) is 0. The van der Waals surface area contributed by atoms with Crippen LogP contribution in [0.4, 0.5) is 5.69 Å². The first-order valence-corrected chi connectivity index (χ1v) is 11.8. The molecule has 4 aromatic rings. The average molecular weight is 504 g/mol. The molecule has 0 radical (unpaired) electrons. The number of ether oxygens (including phenoxy) is 1. The summed E-state index contributed by atoms with van der Waals surface area (Å²) in [7, 11) is 1.59. The molecular formula is C31H25N3O4. The highest BCUT2D eigenvalue weighted by molar-refractivity contribution is 6.11. The molecule has 1 heterocycles. The van der Waals surface area contributed by atoms with Crippen LogP contribution >= 0.6 is 0 Å². The summed E-state index contributed by atoms with van der Waals surface area (Å²) in [5, 5.41) is 5.45. The number of nitrogens with zero attached hydrogens (tertiary/aromatic N) is 1. The van der Waals surface area contributed by atoms with Gasteiger partial charge >= 0.3 is 0 Å². The van der Waals surface area contributed by atoms with E-state index in [0.29, 0.717) is 28.1 Å². The van der Waals surface area contributed by atoms with Crippen molar-refractivity contribution >= 4 is 35.4 Å². The fraction of sp³-hybridized carbons (Fsp3) is 0.0323. The molecule has 1 aromatic heterocycles. The lowest BCUT2D eigenvalue weighted by molar-refractivity contribution is -0.113. The third kappa shape index (κ3) is 7.11. The van der Waals surface area contributed by atoms with Gasteiger partial charge in [-0.15, -0.1) is 0 Å². The van der Waals surface area contributed by atoms with E-state index < -0.39 is 11.8 Å². The fourth-order valence-corrected chi connectivity index (χ4v) is 3.50. The third-order valence-corrected chi connectivity index (χ3v) is 5.47. The number of carbonyl (C=O) groups is 3. The Morgan fingerprint density at radius 3 is 2.29 bits per heavy atom. The molecule has 0 spiro atoms. The molecule has 4 rings (SSSR count). The number of benzene rings is 3. The summed E-state index contributed by atoms with van der Waals surface area (Å²) < 4.78 is 5.20. The van der Waals surface area contributed by atoms with Gasteiger partial charge in [0, 0.05) is 29.2 Å². The van der Waals surface area contributed by atoms with Crippen molar-refractivity contribution in [3.8, 4) is 5.75 Å². The van der Waals surface area contributed by atoms with Crippen molar-refractivity contribution in [3.63, 3.8) is 0 Å². The molecule has 0 aliphatic heterocycles. The van der Waals surface area contributed by atoms with Gasteiger partial charge in [0.15, 0.2) is 5.78 Å². The predicted octanol–water partition coefficient (Wildman–Crippen LogP) is 5.40. The Labute approximate surface area is 220 Å². The van der Waals surface area contributed by atoms with Crippen LogP contribution < -0.4 is 15.4 Å². The number of carbonyl (C=O) groups excluding carboxylic acids is 3. The van der Waals surface area contributed by atoms with Gasteiger partial charge in [0.1, 0.15) is 11.4 Å². The molecule has 0 saturated heterocycles. The molecule has 0 aliphatic rings. The maximum absolute atomic E-state index is 13.1.